The summed E-state index contributed by atoms with van der Waals surface area (Å²) in [7, 11) is 0. The molecule has 0 unspecified atom stereocenters. The second-order valence-corrected chi connectivity index (χ2v) is 12.9. The summed E-state index contributed by atoms with van der Waals surface area (Å²) in [6.07, 6.45) is -1.52. The third-order valence-electron chi connectivity index (χ3n) is 1.70. The lowest BCUT2D eigenvalue weighted by Crippen LogP contribution is -2.40. The molecule has 0 aromatic heterocycles. The van der Waals surface area contributed by atoms with E-state index in [0.717, 1.165) is 4.90 Å². The molecule has 0 N–H and O–H groups in total. The predicted molar refractivity (Wildman–Crippen MR) is 88.4 cm³/mol. The lowest BCUT2D eigenvalue weighted by molar-refractivity contribution is -0.144. The van der Waals surface area contributed by atoms with Gasteiger partial charge in [-0.05, 0) is 43.3 Å². The molecule has 0 saturated heterocycles. The van der Waals surface area contributed by atoms with Crippen LogP contribution in [0.1, 0.15) is 20.8 Å². The normalized spacial score (nSPS) is 12.7. The van der Waals surface area contributed by atoms with E-state index in [2.05, 4.69) is 4.74 Å². The quantitative estimate of drug-likeness (QED) is 0.352. The number of hydrogen-bond donors (Lipinski definition) is 0. The molecule has 0 aliphatic carbocycles. The molecule has 6 nitrogen and oxygen atoms in total. The van der Waals surface area contributed by atoms with Gasteiger partial charge in [0.25, 0.3) is 5.85 Å². The minimum absolute atomic E-state index is 0.516. The third-order valence-corrected chi connectivity index (χ3v) is 3.34. The Kier molecular flexibility index (Phi) is 8.66. The Hall–Kier alpha value is 0.420. The highest BCUT2D eigenvalue weighted by molar-refractivity contribution is 8.08. The van der Waals surface area contributed by atoms with Crippen LogP contribution in [-0.4, -0.2) is 45.8 Å². The van der Waals surface area contributed by atoms with Crippen LogP contribution in [-0.2, 0) is 18.8 Å². The fourth-order valence-corrected chi connectivity index (χ4v) is 2.61. The van der Waals surface area contributed by atoms with E-state index in [1.165, 1.54) is 0 Å². The average Bonchev–Trinajstić information content (AvgIpc) is 2.20. The number of hydrogen-bond acceptors (Lipinski definition) is 5. The molecule has 0 aromatic rings. The van der Waals surface area contributed by atoms with E-state index in [1.807, 2.05) is 0 Å². The zero-order valence-electron chi connectivity index (χ0n) is 11.9. The van der Waals surface area contributed by atoms with Crippen LogP contribution in [0, 0.1) is 0 Å². The maximum Gasteiger partial charge on any atom is 0.411 e. The predicted octanol–water partition coefficient (Wildman–Crippen LogP) is 4.77. The Morgan fingerprint density at radius 2 is 1.64 bits per heavy atom. The van der Waals surface area contributed by atoms with Gasteiger partial charge in [0, 0.05) is 0 Å². The van der Waals surface area contributed by atoms with Crippen LogP contribution in [0.4, 0.5) is 4.79 Å². The van der Waals surface area contributed by atoms with Gasteiger partial charge in [-0.25, -0.2) is 4.79 Å². The molecule has 0 aliphatic heterocycles. The number of amides is 1. The van der Waals surface area contributed by atoms with Gasteiger partial charge in [-0.1, -0.05) is 34.8 Å². The van der Waals surface area contributed by atoms with E-state index in [0.29, 0.717) is 0 Å². The van der Waals surface area contributed by atoms with Crippen LogP contribution < -0.4 is 0 Å². The molecule has 22 heavy (non-hydrogen) atoms. The lowest BCUT2D eigenvalue weighted by Gasteiger charge is -2.27. The first-order chi connectivity index (χ1) is 9.59. The van der Waals surface area contributed by atoms with Crippen molar-refractivity contribution in [2.24, 2.45) is 0 Å². The molecule has 0 rings (SSSR count). The van der Waals surface area contributed by atoms with E-state index in [9.17, 15) is 14.2 Å². The van der Waals surface area contributed by atoms with Gasteiger partial charge in [-0.3, -0.25) is 14.3 Å². The second-order valence-electron chi connectivity index (χ2n) is 5.17. The zero-order chi connectivity index (χ0) is 17.8. The summed E-state index contributed by atoms with van der Waals surface area (Å²) in [6.45, 7) is 3.72. The maximum atomic E-state index is 12.0. The average molecular weight is 437 g/mol. The van der Waals surface area contributed by atoms with Gasteiger partial charge in [0.2, 0.25) is 3.79 Å². The highest BCUT2D eigenvalue weighted by Gasteiger charge is 2.30. The minimum atomic E-state index is -3.67. The molecule has 0 atom stereocenters. The van der Waals surface area contributed by atoms with Crippen LogP contribution in [0.5, 0.6) is 0 Å². The molecule has 0 fully saturated rings. The van der Waals surface area contributed by atoms with Crippen molar-refractivity contribution < 1.29 is 23.6 Å². The number of halogens is 5. The zero-order valence-corrected chi connectivity index (χ0v) is 16.6. The summed E-state index contributed by atoms with van der Waals surface area (Å²) in [5.41, 5.74) is -0.834. The van der Waals surface area contributed by atoms with Gasteiger partial charge in [-0.2, -0.15) is 0 Å². The standard InChI is InChI=1S/C10H15Cl5NO5P/c1-9(2,3)21-8(18)16(6-22(14,15)19)4-7(17)20-5-10(11,12)13/h4-6H2,1-3H3. The molecule has 0 aliphatic rings. The summed E-state index contributed by atoms with van der Waals surface area (Å²) in [5.74, 6) is -4.57. The molecular formula is C10H15Cl5NO5P. The molecule has 1 amide bonds. The van der Waals surface area contributed by atoms with Crippen molar-refractivity contribution in [2.45, 2.75) is 30.2 Å². The summed E-state index contributed by atoms with van der Waals surface area (Å²) < 4.78 is 19.4. The van der Waals surface area contributed by atoms with Crippen LogP contribution in [0.2, 0.25) is 0 Å². The Bertz CT molecular complexity index is 456. The van der Waals surface area contributed by atoms with E-state index >= 15 is 0 Å². The maximum absolute atomic E-state index is 12.0. The van der Waals surface area contributed by atoms with Crippen molar-refractivity contribution in [1.29, 1.82) is 0 Å². The number of ether oxygens (including phenoxy) is 2. The number of esters is 1. The Balaban J connectivity index is 4.84. The van der Waals surface area contributed by atoms with Crippen molar-refractivity contribution in [3.63, 3.8) is 0 Å². The van der Waals surface area contributed by atoms with Gasteiger partial charge in [0.1, 0.15) is 25.0 Å². The number of alkyl halides is 3. The van der Waals surface area contributed by atoms with Crippen LogP contribution in [0.15, 0.2) is 0 Å². The molecular weight excluding hydrogens is 422 g/mol. The van der Waals surface area contributed by atoms with Crippen molar-refractivity contribution in [3.05, 3.63) is 0 Å². The summed E-state index contributed by atoms with van der Waals surface area (Å²) in [5, 5.41) is 0. The van der Waals surface area contributed by atoms with Gasteiger partial charge < -0.3 is 9.47 Å². The van der Waals surface area contributed by atoms with Gasteiger partial charge in [0.15, 0.2) is 0 Å². The fourth-order valence-electron chi connectivity index (χ4n) is 1.06. The van der Waals surface area contributed by atoms with E-state index in [4.69, 9.17) is 62.0 Å². The van der Waals surface area contributed by atoms with Crippen molar-refractivity contribution in [2.75, 3.05) is 19.4 Å². The monoisotopic (exact) mass is 435 g/mol. The smallest absolute Gasteiger partial charge is 0.411 e. The second kappa shape index (κ2) is 8.50. The first-order valence-corrected chi connectivity index (χ1v) is 10.6. The first kappa shape index (κ1) is 22.4. The number of carbonyl (C=O) groups is 2. The fraction of sp³-hybridized carbons (Fsp3) is 0.800. The number of carbonyl (C=O) groups excluding carboxylic acids is 2. The summed E-state index contributed by atoms with van der Waals surface area (Å²) >= 11 is 27.2. The molecule has 0 spiro atoms. The summed E-state index contributed by atoms with van der Waals surface area (Å²) in [6, 6.07) is 0. The summed E-state index contributed by atoms with van der Waals surface area (Å²) in [4.78, 5) is 24.3. The Labute approximate surface area is 153 Å². The molecule has 0 aromatic carbocycles. The minimum Gasteiger partial charge on any atom is -0.460 e. The van der Waals surface area contributed by atoms with E-state index in [-0.39, 0.29) is 0 Å². The molecule has 0 bridgehead atoms. The van der Waals surface area contributed by atoms with E-state index in [1.54, 1.807) is 20.8 Å². The first-order valence-electron chi connectivity index (χ1n) is 5.78. The van der Waals surface area contributed by atoms with Crippen LogP contribution in [0.3, 0.4) is 0 Å². The highest BCUT2D eigenvalue weighted by Crippen LogP contribution is 2.56. The Morgan fingerprint density at radius 3 is 2.00 bits per heavy atom. The van der Waals surface area contributed by atoms with E-state index < -0.39 is 46.7 Å². The Morgan fingerprint density at radius 1 is 1.14 bits per heavy atom. The molecule has 0 radical (unpaired) electrons. The largest absolute Gasteiger partial charge is 0.460 e. The lowest BCUT2D eigenvalue weighted by atomic mass is 10.2. The SMILES string of the molecule is CC(C)(C)OC(=O)N(CC(=O)OCC(Cl)(Cl)Cl)CP(=O)(Cl)Cl. The third kappa shape index (κ3) is 12.9. The molecule has 130 valence electrons. The van der Waals surface area contributed by atoms with Crippen molar-refractivity contribution >= 4 is 75.2 Å². The van der Waals surface area contributed by atoms with Crippen LogP contribution >= 0.6 is 63.1 Å². The highest BCUT2D eigenvalue weighted by atomic mass is 35.9. The van der Waals surface area contributed by atoms with Crippen LogP contribution in [0.25, 0.3) is 0 Å². The van der Waals surface area contributed by atoms with Gasteiger partial charge in [-0.15, -0.1) is 0 Å². The topological polar surface area (TPSA) is 72.9 Å². The molecule has 12 heteroatoms. The van der Waals surface area contributed by atoms with Crippen molar-refractivity contribution in [3.8, 4) is 0 Å². The van der Waals surface area contributed by atoms with Crippen molar-refractivity contribution in [1.82, 2.24) is 4.90 Å². The number of nitrogens with zero attached hydrogens (tertiary/aromatic N) is 1. The number of rotatable bonds is 5. The molecule has 0 saturated carbocycles. The van der Waals surface area contributed by atoms with Gasteiger partial charge in [0.05, 0.1) is 0 Å². The molecule has 0 heterocycles. The van der Waals surface area contributed by atoms with Gasteiger partial charge >= 0.3 is 12.1 Å².